The molecule has 1 aliphatic heterocycles. The number of hydrogen-bond donors (Lipinski definition) is 1. The topological polar surface area (TPSA) is 12.0 Å². The highest BCUT2D eigenvalue weighted by molar-refractivity contribution is 8.00. The fourth-order valence-corrected chi connectivity index (χ4v) is 2.18. The van der Waals surface area contributed by atoms with Crippen LogP contribution in [0.4, 0.5) is 0 Å². The molecule has 14 heavy (non-hydrogen) atoms. The zero-order chi connectivity index (χ0) is 10.2. The first kappa shape index (κ1) is 11.7. The van der Waals surface area contributed by atoms with Gasteiger partial charge in [0.05, 0.1) is 0 Å². The first-order valence-electron chi connectivity index (χ1n) is 5.68. The molecule has 0 fully saturated rings. The van der Waals surface area contributed by atoms with Crippen LogP contribution in [-0.2, 0) is 0 Å². The highest BCUT2D eigenvalue weighted by Gasteiger charge is 2.04. The molecule has 0 unspecified atom stereocenters. The number of allylic oxidation sites excluding steroid dienone is 3. The summed E-state index contributed by atoms with van der Waals surface area (Å²) in [6.07, 6.45) is 9.94. The minimum atomic E-state index is 1.20. The molecule has 2 heteroatoms. The second-order valence-corrected chi connectivity index (χ2v) is 4.46. The van der Waals surface area contributed by atoms with Crippen LogP contribution in [0.1, 0.15) is 52.4 Å². The lowest BCUT2D eigenvalue weighted by atomic mass is 10.1. The van der Waals surface area contributed by atoms with Gasteiger partial charge < -0.3 is 4.72 Å². The molecule has 0 radical (unpaired) electrons. The Morgan fingerprint density at radius 2 is 1.86 bits per heavy atom. The van der Waals surface area contributed by atoms with E-state index in [1.807, 2.05) is 0 Å². The summed E-state index contributed by atoms with van der Waals surface area (Å²) < 4.78 is 3.36. The lowest BCUT2D eigenvalue weighted by Crippen LogP contribution is -2.06. The van der Waals surface area contributed by atoms with Crippen molar-refractivity contribution in [1.82, 2.24) is 4.72 Å². The molecular formula is C12H21NS. The smallest absolute Gasteiger partial charge is 0.0216 e. The summed E-state index contributed by atoms with van der Waals surface area (Å²) in [6.45, 7) is 4.49. The Morgan fingerprint density at radius 3 is 2.57 bits per heavy atom. The molecular weight excluding hydrogens is 190 g/mol. The molecule has 0 aromatic carbocycles. The van der Waals surface area contributed by atoms with E-state index in [1.165, 1.54) is 49.8 Å². The fraction of sp³-hybridized carbons (Fsp3) is 0.667. The molecule has 0 spiro atoms. The predicted octanol–water partition coefficient (Wildman–Crippen LogP) is 4.39. The zero-order valence-electron chi connectivity index (χ0n) is 9.31. The van der Waals surface area contributed by atoms with E-state index in [2.05, 4.69) is 30.1 Å². The SMILES string of the molecule is CCCCC1=CSNC(CCCC)=C1. The van der Waals surface area contributed by atoms with Crippen LogP contribution in [0.3, 0.4) is 0 Å². The molecule has 0 bridgehead atoms. The van der Waals surface area contributed by atoms with E-state index in [-0.39, 0.29) is 0 Å². The Kier molecular flexibility index (Phi) is 5.85. The third-order valence-electron chi connectivity index (χ3n) is 2.38. The van der Waals surface area contributed by atoms with Crippen LogP contribution < -0.4 is 4.72 Å². The van der Waals surface area contributed by atoms with Crippen molar-refractivity contribution in [3.05, 3.63) is 22.8 Å². The summed E-state index contributed by atoms with van der Waals surface area (Å²) in [5.41, 5.74) is 2.91. The lowest BCUT2D eigenvalue weighted by molar-refractivity contribution is 0.762. The van der Waals surface area contributed by atoms with E-state index in [0.29, 0.717) is 0 Å². The largest absolute Gasteiger partial charge is 0.330 e. The van der Waals surface area contributed by atoms with Gasteiger partial charge in [0.15, 0.2) is 0 Å². The van der Waals surface area contributed by atoms with Crippen LogP contribution in [0.2, 0.25) is 0 Å². The maximum atomic E-state index is 3.36. The molecule has 1 N–H and O–H groups in total. The highest BCUT2D eigenvalue weighted by atomic mass is 32.2. The van der Waals surface area contributed by atoms with E-state index in [9.17, 15) is 0 Å². The Morgan fingerprint density at radius 1 is 1.14 bits per heavy atom. The maximum absolute atomic E-state index is 3.36. The van der Waals surface area contributed by atoms with Crippen molar-refractivity contribution in [1.29, 1.82) is 0 Å². The van der Waals surface area contributed by atoms with Crippen molar-refractivity contribution in [3.8, 4) is 0 Å². The molecule has 0 aliphatic carbocycles. The average molecular weight is 211 g/mol. The van der Waals surface area contributed by atoms with Gasteiger partial charge in [0.2, 0.25) is 0 Å². The van der Waals surface area contributed by atoms with Gasteiger partial charge in [-0.3, -0.25) is 0 Å². The molecule has 1 nitrogen and oxygen atoms in total. The Hall–Kier alpha value is -0.370. The molecule has 1 aliphatic rings. The van der Waals surface area contributed by atoms with Gasteiger partial charge in [0.1, 0.15) is 0 Å². The molecule has 0 saturated heterocycles. The average Bonchev–Trinajstić information content (AvgIpc) is 2.24. The Labute approximate surface area is 92.2 Å². The molecule has 0 aromatic heterocycles. The monoisotopic (exact) mass is 211 g/mol. The van der Waals surface area contributed by atoms with Crippen molar-refractivity contribution in [3.63, 3.8) is 0 Å². The lowest BCUT2D eigenvalue weighted by Gasteiger charge is -2.14. The van der Waals surface area contributed by atoms with E-state index in [4.69, 9.17) is 0 Å². The van der Waals surface area contributed by atoms with Gasteiger partial charge in [-0.15, -0.1) is 0 Å². The summed E-state index contributed by atoms with van der Waals surface area (Å²) in [6, 6.07) is 0. The molecule has 1 heterocycles. The molecule has 0 saturated carbocycles. The molecule has 0 aromatic rings. The van der Waals surface area contributed by atoms with Gasteiger partial charge >= 0.3 is 0 Å². The minimum absolute atomic E-state index is 1.20. The van der Waals surface area contributed by atoms with Gasteiger partial charge in [-0.1, -0.05) is 26.7 Å². The van der Waals surface area contributed by atoms with E-state index in [1.54, 1.807) is 11.9 Å². The van der Waals surface area contributed by atoms with Crippen molar-refractivity contribution >= 4 is 11.9 Å². The second kappa shape index (κ2) is 6.99. The first-order valence-corrected chi connectivity index (χ1v) is 6.56. The quantitative estimate of drug-likeness (QED) is 0.654. The van der Waals surface area contributed by atoms with Gasteiger partial charge in [-0.25, -0.2) is 0 Å². The Balaban J connectivity index is 2.37. The van der Waals surface area contributed by atoms with Crippen molar-refractivity contribution in [2.75, 3.05) is 0 Å². The van der Waals surface area contributed by atoms with Gasteiger partial charge in [-0.05, 0) is 54.7 Å². The third kappa shape index (κ3) is 4.23. The maximum Gasteiger partial charge on any atom is 0.0216 e. The molecule has 1 rings (SSSR count). The number of hydrogen-bond acceptors (Lipinski definition) is 2. The first-order chi connectivity index (χ1) is 6.86. The standard InChI is InChI=1S/C12H21NS/c1-3-5-7-11-9-12(8-6-4-2)13-14-10-11/h9-10,13H,3-8H2,1-2H3. The number of nitrogens with one attached hydrogen (secondary N) is 1. The summed E-state index contributed by atoms with van der Waals surface area (Å²) in [5.74, 6) is 0. The van der Waals surface area contributed by atoms with Crippen LogP contribution in [-0.4, -0.2) is 0 Å². The van der Waals surface area contributed by atoms with Crippen LogP contribution in [0.25, 0.3) is 0 Å². The van der Waals surface area contributed by atoms with Gasteiger partial charge in [0, 0.05) is 5.70 Å². The third-order valence-corrected chi connectivity index (χ3v) is 3.18. The van der Waals surface area contributed by atoms with Gasteiger partial charge in [-0.2, -0.15) is 0 Å². The molecule has 0 amide bonds. The Bertz CT molecular complexity index is 218. The van der Waals surface area contributed by atoms with Gasteiger partial charge in [0.25, 0.3) is 0 Å². The summed E-state index contributed by atoms with van der Waals surface area (Å²) in [7, 11) is 0. The normalized spacial score (nSPS) is 15.9. The number of unbranched alkanes of at least 4 members (excludes halogenated alkanes) is 2. The highest BCUT2D eigenvalue weighted by Crippen LogP contribution is 2.22. The van der Waals surface area contributed by atoms with Crippen molar-refractivity contribution in [2.45, 2.75) is 52.4 Å². The van der Waals surface area contributed by atoms with E-state index in [0.717, 1.165) is 0 Å². The van der Waals surface area contributed by atoms with E-state index < -0.39 is 0 Å². The van der Waals surface area contributed by atoms with Crippen molar-refractivity contribution in [2.24, 2.45) is 0 Å². The predicted molar refractivity (Wildman–Crippen MR) is 65.9 cm³/mol. The van der Waals surface area contributed by atoms with Crippen LogP contribution in [0.15, 0.2) is 22.8 Å². The molecule has 80 valence electrons. The summed E-state index contributed by atoms with van der Waals surface area (Å²) in [4.78, 5) is 0. The van der Waals surface area contributed by atoms with Crippen LogP contribution in [0.5, 0.6) is 0 Å². The number of rotatable bonds is 6. The minimum Gasteiger partial charge on any atom is -0.330 e. The van der Waals surface area contributed by atoms with Crippen LogP contribution in [0, 0.1) is 0 Å². The molecule has 0 atom stereocenters. The fourth-order valence-electron chi connectivity index (χ4n) is 1.47. The van der Waals surface area contributed by atoms with Crippen LogP contribution >= 0.6 is 11.9 Å². The van der Waals surface area contributed by atoms with Crippen molar-refractivity contribution < 1.29 is 0 Å². The zero-order valence-corrected chi connectivity index (χ0v) is 10.1. The van der Waals surface area contributed by atoms with E-state index >= 15 is 0 Å². The second-order valence-electron chi connectivity index (χ2n) is 3.79. The summed E-state index contributed by atoms with van der Waals surface area (Å²) >= 11 is 1.73. The summed E-state index contributed by atoms with van der Waals surface area (Å²) in [5, 5.41) is 2.24.